The van der Waals surface area contributed by atoms with E-state index in [9.17, 15) is 0 Å². The SMILES string of the molecule is CCOc1ccc(CN(C)CCO)cc1C. The number of aliphatic hydroxyl groups is 1. The fourth-order valence-corrected chi connectivity index (χ4v) is 1.69. The van der Waals surface area contributed by atoms with Gasteiger partial charge in [0.2, 0.25) is 0 Å². The summed E-state index contributed by atoms with van der Waals surface area (Å²) in [5.41, 5.74) is 2.41. The van der Waals surface area contributed by atoms with Gasteiger partial charge in [-0.1, -0.05) is 12.1 Å². The van der Waals surface area contributed by atoms with Crippen molar-refractivity contribution in [3.8, 4) is 5.75 Å². The van der Waals surface area contributed by atoms with Crippen LogP contribution in [0.5, 0.6) is 5.75 Å². The zero-order valence-corrected chi connectivity index (χ0v) is 10.4. The van der Waals surface area contributed by atoms with Gasteiger partial charge >= 0.3 is 0 Å². The molecule has 0 saturated carbocycles. The first-order valence-electron chi connectivity index (χ1n) is 5.69. The standard InChI is InChI=1S/C13H21NO2/c1-4-16-13-6-5-12(9-11(13)2)10-14(3)7-8-15/h5-6,9,15H,4,7-8,10H2,1-3H3. The Kier molecular flexibility index (Phi) is 5.29. The molecular weight excluding hydrogens is 202 g/mol. The molecule has 3 nitrogen and oxygen atoms in total. The molecule has 0 fully saturated rings. The van der Waals surface area contributed by atoms with Crippen LogP contribution >= 0.6 is 0 Å². The van der Waals surface area contributed by atoms with Gasteiger partial charge in [0, 0.05) is 13.1 Å². The molecule has 16 heavy (non-hydrogen) atoms. The van der Waals surface area contributed by atoms with Gasteiger partial charge in [-0.3, -0.25) is 4.90 Å². The van der Waals surface area contributed by atoms with E-state index in [4.69, 9.17) is 9.84 Å². The lowest BCUT2D eigenvalue weighted by molar-refractivity contribution is 0.217. The Labute approximate surface area is 97.7 Å². The molecule has 0 spiro atoms. The molecule has 0 saturated heterocycles. The Morgan fingerprint density at radius 2 is 2.12 bits per heavy atom. The predicted octanol–water partition coefficient (Wildman–Crippen LogP) is 1.82. The minimum absolute atomic E-state index is 0.201. The number of ether oxygens (including phenoxy) is 1. The quantitative estimate of drug-likeness (QED) is 0.798. The lowest BCUT2D eigenvalue weighted by atomic mass is 10.1. The van der Waals surface area contributed by atoms with Gasteiger partial charge < -0.3 is 9.84 Å². The molecule has 0 radical (unpaired) electrons. The van der Waals surface area contributed by atoms with E-state index in [0.717, 1.165) is 17.9 Å². The summed E-state index contributed by atoms with van der Waals surface area (Å²) >= 11 is 0. The van der Waals surface area contributed by atoms with Gasteiger partial charge in [-0.15, -0.1) is 0 Å². The number of hydrogen-bond acceptors (Lipinski definition) is 3. The van der Waals surface area contributed by atoms with Crippen molar-refractivity contribution in [3.63, 3.8) is 0 Å². The number of rotatable bonds is 6. The molecule has 1 N–H and O–H groups in total. The highest BCUT2D eigenvalue weighted by atomic mass is 16.5. The van der Waals surface area contributed by atoms with E-state index in [0.29, 0.717) is 13.2 Å². The van der Waals surface area contributed by atoms with Crippen molar-refractivity contribution < 1.29 is 9.84 Å². The van der Waals surface area contributed by atoms with Crippen molar-refractivity contribution in [1.82, 2.24) is 4.90 Å². The van der Waals surface area contributed by atoms with Crippen LogP contribution in [0.4, 0.5) is 0 Å². The second-order valence-electron chi connectivity index (χ2n) is 3.99. The second-order valence-corrected chi connectivity index (χ2v) is 3.99. The van der Waals surface area contributed by atoms with E-state index in [2.05, 4.69) is 24.0 Å². The van der Waals surface area contributed by atoms with Crippen LogP contribution < -0.4 is 4.74 Å². The van der Waals surface area contributed by atoms with E-state index < -0.39 is 0 Å². The summed E-state index contributed by atoms with van der Waals surface area (Å²) in [5.74, 6) is 0.955. The summed E-state index contributed by atoms with van der Waals surface area (Å²) in [6.07, 6.45) is 0. The van der Waals surface area contributed by atoms with Crippen LogP contribution in [-0.4, -0.2) is 36.8 Å². The fourth-order valence-electron chi connectivity index (χ4n) is 1.69. The summed E-state index contributed by atoms with van der Waals surface area (Å²) < 4.78 is 5.49. The third-order valence-corrected chi connectivity index (χ3v) is 2.47. The molecule has 1 aromatic carbocycles. The number of aryl methyl sites for hydroxylation is 1. The number of benzene rings is 1. The molecule has 0 aliphatic heterocycles. The molecular formula is C13H21NO2. The van der Waals surface area contributed by atoms with Gasteiger partial charge in [0.15, 0.2) is 0 Å². The normalized spacial score (nSPS) is 10.8. The Balaban J connectivity index is 2.65. The van der Waals surface area contributed by atoms with Crippen LogP contribution in [-0.2, 0) is 6.54 Å². The highest BCUT2D eigenvalue weighted by Gasteiger charge is 2.03. The van der Waals surface area contributed by atoms with Gasteiger partial charge in [-0.2, -0.15) is 0 Å². The van der Waals surface area contributed by atoms with Gasteiger partial charge in [0.05, 0.1) is 13.2 Å². The highest BCUT2D eigenvalue weighted by molar-refractivity contribution is 5.36. The molecule has 0 bridgehead atoms. The average Bonchev–Trinajstić information content (AvgIpc) is 2.22. The number of hydrogen-bond donors (Lipinski definition) is 1. The topological polar surface area (TPSA) is 32.7 Å². The second kappa shape index (κ2) is 6.51. The van der Waals surface area contributed by atoms with Crippen LogP contribution in [0.15, 0.2) is 18.2 Å². The maximum absolute atomic E-state index is 8.82. The number of likely N-dealkylation sites (N-methyl/N-ethyl adjacent to an activating group) is 1. The molecule has 0 atom stereocenters. The summed E-state index contributed by atoms with van der Waals surface area (Å²) in [7, 11) is 2.00. The molecule has 0 heterocycles. The summed E-state index contributed by atoms with van der Waals surface area (Å²) in [5, 5.41) is 8.82. The zero-order chi connectivity index (χ0) is 12.0. The summed E-state index contributed by atoms with van der Waals surface area (Å²) in [6, 6.07) is 6.23. The minimum atomic E-state index is 0.201. The van der Waals surface area contributed by atoms with E-state index in [1.807, 2.05) is 20.0 Å². The first-order valence-corrected chi connectivity index (χ1v) is 5.69. The lowest BCUT2D eigenvalue weighted by Gasteiger charge is -2.16. The van der Waals surface area contributed by atoms with E-state index in [-0.39, 0.29) is 6.61 Å². The third-order valence-electron chi connectivity index (χ3n) is 2.47. The fraction of sp³-hybridized carbons (Fsp3) is 0.538. The molecule has 1 aromatic rings. The maximum atomic E-state index is 8.82. The molecule has 1 rings (SSSR count). The molecule has 90 valence electrons. The van der Waals surface area contributed by atoms with Crippen molar-refractivity contribution >= 4 is 0 Å². The zero-order valence-electron chi connectivity index (χ0n) is 10.4. The molecule has 0 aromatic heterocycles. The van der Waals surface area contributed by atoms with Crippen LogP contribution in [0, 0.1) is 6.92 Å². The van der Waals surface area contributed by atoms with Crippen LogP contribution in [0.2, 0.25) is 0 Å². The van der Waals surface area contributed by atoms with Crippen molar-refractivity contribution in [3.05, 3.63) is 29.3 Å². The van der Waals surface area contributed by atoms with Crippen molar-refractivity contribution in [2.45, 2.75) is 20.4 Å². The first kappa shape index (κ1) is 13.0. The van der Waals surface area contributed by atoms with Gasteiger partial charge in [-0.25, -0.2) is 0 Å². The molecule has 0 amide bonds. The predicted molar refractivity (Wildman–Crippen MR) is 65.8 cm³/mol. The van der Waals surface area contributed by atoms with E-state index in [1.165, 1.54) is 5.56 Å². The lowest BCUT2D eigenvalue weighted by Crippen LogP contribution is -2.21. The number of aliphatic hydroxyl groups excluding tert-OH is 1. The molecule has 0 unspecified atom stereocenters. The van der Waals surface area contributed by atoms with Crippen LogP contribution in [0.25, 0.3) is 0 Å². The smallest absolute Gasteiger partial charge is 0.122 e. The first-order chi connectivity index (χ1) is 7.67. The van der Waals surface area contributed by atoms with Crippen LogP contribution in [0.1, 0.15) is 18.1 Å². The van der Waals surface area contributed by atoms with Crippen molar-refractivity contribution in [2.75, 3.05) is 26.8 Å². The largest absolute Gasteiger partial charge is 0.494 e. The Hall–Kier alpha value is -1.06. The minimum Gasteiger partial charge on any atom is -0.494 e. The van der Waals surface area contributed by atoms with Crippen molar-refractivity contribution in [2.24, 2.45) is 0 Å². The molecule has 0 aliphatic rings. The van der Waals surface area contributed by atoms with E-state index in [1.54, 1.807) is 0 Å². The average molecular weight is 223 g/mol. The molecule has 0 aliphatic carbocycles. The Bertz CT molecular complexity index is 326. The number of nitrogens with zero attached hydrogens (tertiary/aromatic N) is 1. The van der Waals surface area contributed by atoms with Gasteiger partial charge in [0.25, 0.3) is 0 Å². The maximum Gasteiger partial charge on any atom is 0.122 e. The monoisotopic (exact) mass is 223 g/mol. The van der Waals surface area contributed by atoms with E-state index >= 15 is 0 Å². The molecule has 3 heteroatoms. The highest BCUT2D eigenvalue weighted by Crippen LogP contribution is 2.19. The summed E-state index contributed by atoms with van der Waals surface area (Å²) in [6.45, 7) is 6.50. The van der Waals surface area contributed by atoms with Crippen LogP contribution in [0.3, 0.4) is 0 Å². The van der Waals surface area contributed by atoms with Gasteiger partial charge in [0.1, 0.15) is 5.75 Å². The van der Waals surface area contributed by atoms with Crippen molar-refractivity contribution in [1.29, 1.82) is 0 Å². The Morgan fingerprint density at radius 3 is 2.69 bits per heavy atom. The third kappa shape index (κ3) is 3.83. The summed E-state index contributed by atoms with van der Waals surface area (Å²) in [4.78, 5) is 2.09. The Morgan fingerprint density at radius 1 is 1.38 bits per heavy atom. The van der Waals surface area contributed by atoms with Gasteiger partial charge in [-0.05, 0) is 38.1 Å².